The SMILES string of the molecule is CC(C)(C#N)Nc1cc(Nc2ccc[nH]2)ncn1. The predicted molar refractivity (Wildman–Crippen MR) is 69.4 cm³/mol. The van der Waals surface area contributed by atoms with E-state index in [1.54, 1.807) is 19.9 Å². The van der Waals surface area contributed by atoms with Gasteiger partial charge < -0.3 is 15.6 Å². The normalized spacial score (nSPS) is 10.7. The summed E-state index contributed by atoms with van der Waals surface area (Å²) in [7, 11) is 0. The minimum Gasteiger partial charge on any atom is -0.352 e. The molecule has 0 fully saturated rings. The van der Waals surface area contributed by atoms with Gasteiger partial charge >= 0.3 is 0 Å². The molecule has 2 rings (SSSR count). The quantitative estimate of drug-likeness (QED) is 0.765. The Morgan fingerprint density at radius 1 is 1.33 bits per heavy atom. The molecule has 0 aliphatic carbocycles. The number of aromatic nitrogens is 3. The van der Waals surface area contributed by atoms with Gasteiger partial charge in [-0.15, -0.1) is 0 Å². The van der Waals surface area contributed by atoms with Crippen molar-refractivity contribution in [2.75, 3.05) is 10.6 Å². The molecule has 0 aromatic carbocycles. The van der Waals surface area contributed by atoms with Gasteiger partial charge in [-0.3, -0.25) is 0 Å². The fraction of sp³-hybridized carbons (Fsp3) is 0.250. The Hall–Kier alpha value is -2.55. The lowest BCUT2D eigenvalue weighted by Gasteiger charge is -2.18. The summed E-state index contributed by atoms with van der Waals surface area (Å²) in [5.74, 6) is 2.11. The van der Waals surface area contributed by atoms with E-state index in [0.717, 1.165) is 5.82 Å². The number of hydrogen-bond donors (Lipinski definition) is 3. The maximum atomic E-state index is 8.96. The van der Waals surface area contributed by atoms with Crippen molar-refractivity contribution in [3.8, 4) is 6.07 Å². The summed E-state index contributed by atoms with van der Waals surface area (Å²) < 4.78 is 0. The average molecular weight is 242 g/mol. The summed E-state index contributed by atoms with van der Waals surface area (Å²) in [6.07, 6.45) is 3.27. The molecule has 0 bridgehead atoms. The van der Waals surface area contributed by atoms with E-state index < -0.39 is 5.54 Å². The maximum Gasteiger partial charge on any atom is 0.136 e. The zero-order valence-electron chi connectivity index (χ0n) is 10.2. The van der Waals surface area contributed by atoms with Gasteiger partial charge in [-0.1, -0.05) is 0 Å². The predicted octanol–water partition coefficient (Wildman–Crippen LogP) is 2.26. The highest BCUT2D eigenvalue weighted by Crippen LogP contribution is 2.17. The lowest BCUT2D eigenvalue weighted by molar-refractivity contribution is 0.723. The van der Waals surface area contributed by atoms with Gasteiger partial charge in [-0.2, -0.15) is 5.26 Å². The van der Waals surface area contributed by atoms with Crippen LogP contribution in [0.2, 0.25) is 0 Å². The summed E-state index contributed by atoms with van der Waals surface area (Å²) in [4.78, 5) is 11.2. The van der Waals surface area contributed by atoms with E-state index >= 15 is 0 Å². The molecule has 2 aromatic heterocycles. The zero-order valence-corrected chi connectivity index (χ0v) is 10.2. The second kappa shape index (κ2) is 4.75. The maximum absolute atomic E-state index is 8.96. The van der Waals surface area contributed by atoms with Crippen LogP contribution in [0.5, 0.6) is 0 Å². The fourth-order valence-electron chi connectivity index (χ4n) is 1.39. The van der Waals surface area contributed by atoms with Crippen LogP contribution in [0.1, 0.15) is 13.8 Å². The molecule has 0 saturated heterocycles. The molecular weight excluding hydrogens is 228 g/mol. The summed E-state index contributed by atoms with van der Waals surface area (Å²) >= 11 is 0. The van der Waals surface area contributed by atoms with Crippen molar-refractivity contribution >= 4 is 17.5 Å². The number of anilines is 3. The number of nitrogens with one attached hydrogen (secondary N) is 3. The first kappa shape index (κ1) is 11.9. The molecule has 6 heteroatoms. The van der Waals surface area contributed by atoms with E-state index in [1.165, 1.54) is 6.33 Å². The molecule has 18 heavy (non-hydrogen) atoms. The molecule has 0 radical (unpaired) electrons. The lowest BCUT2D eigenvalue weighted by Crippen LogP contribution is -2.28. The summed E-state index contributed by atoms with van der Waals surface area (Å²) in [5.41, 5.74) is -0.669. The van der Waals surface area contributed by atoms with Crippen LogP contribution in [-0.2, 0) is 0 Å². The topological polar surface area (TPSA) is 89.4 Å². The zero-order chi connectivity index (χ0) is 13.0. The number of rotatable bonds is 4. The fourth-order valence-corrected chi connectivity index (χ4v) is 1.39. The van der Waals surface area contributed by atoms with Crippen LogP contribution in [-0.4, -0.2) is 20.5 Å². The highest BCUT2D eigenvalue weighted by molar-refractivity contribution is 5.56. The molecule has 3 N–H and O–H groups in total. The monoisotopic (exact) mass is 242 g/mol. The second-order valence-corrected chi connectivity index (χ2v) is 4.36. The Morgan fingerprint density at radius 3 is 2.78 bits per heavy atom. The molecule has 0 amide bonds. The van der Waals surface area contributed by atoms with Crippen LogP contribution >= 0.6 is 0 Å². The van der Waals surface area contributed by atoms with E-state index in [9.17, 15) is 0 Å². The highest BCUT2D eigenvalue weighted by Gasteiger charge is 2.16. The summed E-state index contributed by atoms with van der Waals surface area (Å²) in [5, 5.41) is 15.1. The Labute approximate surface area is 105 Å². The number of aromatic amines is 1. The van der Waals surface area contributed by atoms with E-state index in [1.807, 2.05) is 18.3 Å². The molecule has 0 spiro atoms. The van der Waals surface area contributed by atoms with Crippen molar-refractivity contribution in [1.82, 2.24) is 15.0 Å². The average Bonchev–Trinajstić information content (AvgIpc) is 2.82. The van der Waals surface area contributed by atoms with Crippen molar-refractivity contribution in [2.45, 2.75) is 19.4 Å². The minimum atomic E-state index is -0.669. The first-order valence-corrected chi connectivity index (χ1v) is 5.51. The molecule has 0 unspecified atom stereocenters. The van der Waals surface area contributed by atoms with Gasteiger partial charge in [-0.25, -0.2) is 9.97 Å². The smallest absolute Gasteiger partial charge is 0.136 e. The highest BCUT2D eigenvalue weighted by atomic mass is 15.1. The third-order valence-corrected chi connectivity index (χ3v) is 2.25. The second-order valence-electron chi connectivity index (χ2n) is 4.36. The van der Waals surface area contributed by atoms with E-state index in [0.29, 0.717) is 11.6 Å². The largest absolute Gasteiger partial charge is 0.352 e. The first-order valence-electron chi connectivity index (χ1n) is 5.51. The summed E-state index contributed by atoms with van der Waals surface area (Å²) in [6.45, 7) is 3.57. The van der Waals surface area contributed by atoms with Crippen LogP contribution in [0.25, 0.3) is 0 Å². The van der Waals surface area contributed by atoms with E-state index in [2.05, 4.69) is 31.7 Å². The molecule has 2 heterocycles. The van der Waals surface area contributed by atoms with Gasteiger partial charge in [0.2, 0.25) is 0 Å². The lowest BCUT2D eigenvalue weighted by atomic mass is 10.1. The third kappa shape index (κ3) is 2.98. The van der Waals surface area contributed by atoms with Crippen molar-refractivity contribution < 1.29 is 0 Å². The van der Waals surface area contributed by atoms with Gasteiger partial charge in [0.1, 0.15) is 29.3 Å². The Bertz CT molecular complexity index is 552. The minimum absolute atomic E-state index is 0.602. The standard InChI is InChI=1S/C12H14N6/c1-12(2,7-13)18-11-6-10(15-8-16-11)17-9-4-3-5-14-9/h3-6,8,14H,1-2H3,(H2,15,16,17,18). The van der Waals surface area contributed by atoms with Crippen LogP contribution in [0, 0.1) is 11.3 Å². The Morgan fingerprint density at radius 2 is 2.11 bits per heavy atom. The van der Waals surface area contributed by atoms with Gasteiger partial charge in [0.15, 0.2) is 0 Å². The number of H-pyrrole nitrogens is 1. The van der Waals surface area contributed by atoms with Crippen molar-refractivity contribution in [3.05, 3.63) is 30.7 Å². The van der Waals surface area contributed by atoms with Crippen LogP contribution in [0.3, 0.4) is 0 Å². The number of hydrogen-bond acceptors (Lipinski definition) is 5. The van der Waals surface area contributed by atoms with E-state index in [4.69, 9.17) is 5.26 Å². The van der Waals surface area contributed by atoms with Crippen LogP contribution in [0.15, 0.2) is 30.7 Å². The Balaban J connectivity index is 2.13. The molecule has 6 nitrogen and oxygen atoms in total. The molecule has 92 valence electrons. The van der Waals surface area contributed by atoms with Gasteiger partial charge in [-0.05, 0) is 26.0 Å². The van der Waals surface area contributed by atoms with Gasteiger partial charge in [0.05, 0.1) is 6.07 Å². The first-order chi connectivity index (χ1) is 8.59. The molecule has 0 atom stereocenters. The number of nitriles is 1. The van der Waals surface area contributed by atoms with Gasteiger partial charge in [0.25, 0.3) is 0 Å². The van der Waals surface area contributed by atoms with Gasteiger partial charge in [0, 0.05) is 12.3 Å². The molecule has 0 aliphatic heterocycles. The van der Waals surface area contributed by atoms with Crippen molar-refractivity contribution in [2.24, 2.45) is 0 Å². The van der Waals surface area contributed by atoms with Crippen LogP contribution < -0.4 is 10.6 Å². The number of nitrogens with zero attached hydrogens (tertiary/aromatic N) is 3. The molecule has 0 saturated carbocycles. The molecule has 0 aliphatic rings. The Kier molecular flexibility index (Phi) is 3.15. The van der Waals surface area contributed by atoms with Crippen molar-refractivity contribution in [3.63, 3.8) is 0 Å². The van der Waals surface area contributed by atoms with E-state index in [-0.39, 0.29) is 0 Å². The van der Waals surface area contributed by atoms with Crippen LogP contribution in [0.4, 0.5) is 17.5 Å². The molecular formula is C12H14N6. The third-order valence-electron chi connectivity index (χ3n) is 2.25. The molecule has 2 aromatic rings. The summed E-state index contributed by atoms with van der Waals surface area (Å²) in [6, 6.07) is 7.69. The van der Waals surface area contributed by atoms with Crippen molar-refractivity contribution in [1.29, 1.82) is 5.26 Å².